The molecular weight excluding hydrogens is 1190 g/mol. The molecule has 3 N–H and O–H groups in total. The molecule has 17 nitrogen and oxygen atoms in total. The average molecular weight is 1330 g/mol. The van der Waals surface area contributed by atoms with Crippen molar-refractivity contribution in [1.82, 2.24) is 0 Å². The molecule has 19 heteroatoms. The lowest BCUT2D eigenvalue weighted by molar-refractivity contribution is -0.161. The number of esters is 4. The minimum Gasteiger partial charge on any atom is -0.462 e. The van der Waals surface area contributed by atoms with E-state index in [1.807, 2.05) is 0 Å². The number of aliphatic hydroxyl groups excluding tert-OH is 1. The zero-order valence-corrected chi connectivity index (χ0v) is 60.6. The Kier molecular flexibility index (Phi) is 59.4. The molecule has 2 unspecified atom stereocenters. The lowest BCUT2D eigenvalue weighted by Crippen LogP contribution is -2.30. The lowest BCUT2D eigenvalue weighted by Gasteiger charge is -2.21. The van der Waals surface area contributed by atoms with Crippen molar-refractivity contribution < 1.29 is 80.2 Å². The van der Waals surface area contributed by atoms with Crippen LogP contribution in [0.4, 0.5) is 0 Å². The van der Waals surface area contributed by atoms with Crippen molar-refractivity contribution in [2.24, 2.45) is 23.7 Å². The first kappa shape index (κ1) is 88.1. The van der Waals surface area contributed by atoms with Crippen LogP contribution < -0.4 is 0 Å². The SMILES string of the molecule is CC(C)CCCCCCCCCCCCCCCCCCC(=O)OC[C@H](COP(=O)(O)OC[C@@H](O)COP(=O)(O)OC[C@@H](COC(=O)CCCCCCCCC(C)C)OC(=O)CCCCCCCCCC(C)C)OC(=O)CCCCCCCCCCCC(C)C. The summed E-state index contributed by atoms with van der Waals surface area (Å²) in [6, 6.07) is 0. The van der Waals surface area contributed by atoms with Crippen LogP contribution in [-0.2, 0) is 65.4 Å². The summed E-state index contributed by atoms with van der Waals surface area (Å²) >= 11 is 0. The van der Waals surface area contributed by atoms with E-state index in [0.717, 1.165) is 108 Å². The summed E-state index contributed by atoms with van der Waals surface area (Å²) in [5.74, 6) is 0.791. The van der Waals surface area contributed by atoms with Gasteiger partial charge in [0.15, 0.2) is 12.2 Å². The second-order valence-electron chi connectivity index (χ2n) is 27.5. The second kappa shape index (κ2) is 60.7. The van der Waals surface area contributed by atoms with Crippen molar-refractivity contribution in [2.45, 2.75) is 369 Å². The molecule has 0 aliphatic rings. The molecule has 90 heavy (non-hydrogen) atoms. The third kappa shape index (κ3) is 64.8. The van der Waals surface area contributed by atoms with Gasteiger partial charge in [0.25, 0.3) is 0 Å². The van der Waals surface area contributed by atoms with Gasteiger partial charge in [-0.25, -0.2) is 9.13 Å². The number of ether oxygens (including phenoxy) is 4. The molecule has 0 aromatic heterocycles. The molecule has 534 valence electrons. The van der Waals surface area contributed by atoms with Gasteiger partial charge in [0.05, 0.1) is 26.4 Å². The number of carbonyl (C=O) groups is 4. The molecule has 5 atom stereocenters. The van der Waals surface area contributed by atoms with Crippen molar-refractivity contribution in [1.29, 1.82) is 0 Å². The van der Waals surface area contributed by atoms with Gasteiger partial charge in [-0.05, 0) is 49.4 Å². The van der Waals surface area contributed by atoms with Gasteiger partial charge in [0.2, 0.25) is 0 Å². The third-order valence-corrected chi connectivity index (χ3v) is 18.2. The van der Waals surface area contributed by atoms with E-state index in [1.165, 1.54) is 148 Å². The number of hydrogen-bond donors (Lipinski definition) is 3. The highest BCUT2D eigenvalue weighted by Gasteiger charge is 2.30. The quantitative estimate of drug-likeness (QED) is 0.0222. The predicted octanol–water partition coefficient (Wildman–Crippen LogP) is 20.1. The molecule has 0 saturated carbocycles. The van der Waals surface area contributed by atoms with Crippen LogP contribution in [0.3, 0.4) is 0 Å². The van der Waals surface area contributed by atoms with E-state index in [4.69, 9.17) is 37.0 Å². The van der Waals surface area contributed by atoms with Crippen LogP contribution in [0.25, 0.3) is 0 Å². The molecule has 0 aliphatic heterocycles. The van der Waals surface area contributed by atoms with E-state index >= 15 is 0 Å². The molecule has 0 spiro atoms. The van der Waals surface area contributed by atoms with Crippen LogP contribution >= 0.6 is 15.6 Å². The van der Waals surface area contributed by atoms with Gasteiger partial charge in [0.1, 0.15) is 19.3 Å². The van der Waals surface area contributed by atoms with Gasteiger partial charge in [-0.15, -0.1) is 0 Å². The molecule has 0 fully saturated rings. The van der Waals surface area contributed by atoms with E-state index < -0.39 is 97.5 Å². The van der Waals surface area contributed by atoms with Gasteiger partial charge in [-0.3, -0.25) is 37.3 Å². The maximum Gasteiger partial charge on any atom is 0.472 e. The van der Waals surface area contributed by atoms with E-state index in [2.05, 4.69) is 55.4 Å². The zero-order valence-electron chi connectivity index (χ0n) is 58.8. The largest absolute Gasteiger partial charge is 0.472 e. The Balaban J connectivity index is 5.18. The Hall–Kier alpha value is -1.94. The smallest absolute Gasteiger partial charge is 0.462 e. The predicted molar refractivity (Wildman–Crippen MR) is 363 cm³/mol. The average Bonchev–Trinajstić information content (AvgIpc) is 3.52. The van der Waals surface area contributed by atoms with Crippen LogP contribution in [-0.4, -0.2) is 96.7 Å². The molecule has 0 saturated heterocycles. The number of aliphatic hydroxyl groups is 1. The van der Waals surface area contributed by atoms with E-state index in [0.29, 0.717) is 37.5 Å². The minimum absolute atomic E-state index is 0.102. The number of unbranched alkanes of at least 4 members (excludes halogenated alkanes) is 34. The first-order valence-electron chi connectivity index (χ1n) is 36.7. The fraction of sp³-hybridized carbons (Fsp3) is 0.944. The Morgan fingerprint density at radius 3 is 0.689 bits per heavy atom. The molecule has 0 radical (unpaired) electrons. The second-order valence-corrected chi connectivity index (χ2v) is 30.4. The number of phosphoric ester groups is 2. The summed E-state index contributed by atoms with van der Waals surface area (Å²) in [7, 11) is -9.90. The van der Waals surface area contributed by atoms with Crippen LogP contribution in [0, 0.1) is 23.7 Å². The number of rotatable bonds is 68. The molecule has 0 aromatic carbocycles. The monoisotopic (exact) mass is 1320 g/mol. The van der Waals surface area contributed by atoms with Crippen LogP contribution in [0.1, 0.15) is 351 Å². The summed E-state index contributed by atoms with van der Waals surface area (Å²) in [4.78, 5) is 72.5. The van der Waals surface area contributed by atoms with E-state index in [9.17, 15) is 43.2 Å². The highest BCUT2D eigenvalue weighted by Crippen LogP contribution is 2.45. The van der Waals surface area contributed by atoms with Crippen molar-refractivity contribution in [3.05, 3.63) is 0 Å². The number of carbonyl (C=O) groups excluding carboxylic acids is 4. The summed E-state index contributed by atoms with van der Waals surface area (Å²) < 4.78 is 68.2. The zero-order chi connectivity index (χ0) is 66.8. The fourth-order valence-corrected chi connectivity index (χ4v) is 12.2. The highest BCUT2D eigenvalue weighted by atomic mass is 31.2. The van der Waals surface area contributed by atoms with Crippen LogP contribution in [0.2, 0.25) is 0 Å². The summed E-state index contributed by atoms with van der Waals surface area (Å²) in [5, 5.41) is 10.6. The minimum atomic E-state index is -4.95. The Morgan fingerprint density at radius 2 is 0.467 bits per heavy atom. The number of hydrogen-bond acceptors (Lipinski definition) is 15. The summed E-state index contributed by atoms with van der Waals surface area (Å²) in [6.45, 7) is 14.0. The van der Waals surface area contributed by atoms with Gasteiger partial charge in [0, 0.05) is 25.7 Å². The van der Waals surface area contributed by atoms with Crippen molar-refractivity contribution in [3.63, 3.8) is 0 Å². The molecule has 0 aliphatic carbocycles. The topological polar surface area (TPSA) is 237 Å². The van der Waals surface area contributed by atoms with Gasteiger partial charge in [-0.1, -0.05) is 299 Å². The Morgan fingerprint density at radius 1 is 0.278 bits per heavy atom. The maximum atomic E-state index is 13.0. The first-order chi connectivity index (χ1) is 43.1. The lowest BCUT2D eigenvalue weighted by atomic mass is 10.0. The van der Waals surface area contributed by atoms with Crippen molar-refractivity contribution >= 4 is 39.5 Å². The third-order valence-electron chi connectivity index (χ3n) is 16.3. The molecule has 0 heterocycles. The van der Waals surface area contributed by atoms with Gasteiger partial charge >= 0.3 is 39.5 Å². The first-order valence-corrected chi connectivity index (χ1v) is 39.7. The van der Waals surface area contributed by atoms with Gasteiger partial charge < -0.3 is 33.8 Å². The van der Waals surface area contributed by atoms with Crippen LogP contribution in [0.5, 0.6) is 0 Å². The Bertz CT molecular complexity index is 1780. The van der Waals surface area contributed by atoms with Crippen molar-refractivity contribution in [3.8, 4) is 0 Å². The van der Waals surface area contributed by atoms with Crippen molar-refractivity contribution in [2.75, 3.05) is 39.6 Å². The summed E-state index contributed by atoms with van der Waals surface area (Å²) in [6.07, 6.45) is 43.4. The van der Waals surface area contributed by atoms with E-state index in [1.54, 1.807) is 0 Å². The number of phosphoric acid groups is 2. The molecule has 0 aromatic rings. The summed E-state index contributed by atoms with van der Waals surface area (Å²) in [5.41, 5.74) is 0. The van der Waals surface area contributed by atoms with E-state index in [-0.39, 0.29) is 25.7 Å². The van der Waals surface area contributed by atoms with Crippen LogP contribution in [0.15, 0.2) is 0 Å². The maximum absolute atomic E-state index is 13.0. The normalized spacial score (nSPS) is 14.3. The molecule has 0 amide bonds. The highest BCUT2D eigenvalue weighted by molar-refractivity contribution is 7.47. The Labute approximate surface area is 549 Å². The molecular formula is C71H138O17P2. The fourth-order valence-electron chi connectivity index (χ4n) is 10.7. The standard InChI is InChI=1S/C71H138O17P2/c1-61(2)47-39-31-23-18-15-13-11-9-10-12-14-16-20-26-35-43-51-68(73)81-57-66(87-70(75)53-45-37-27-21-17-19-24-32-40-48-62(3)4)59-85-89(77,78)83-55-65(72)56-84-90(79,80)86-60-67(58-82-69(74)52-44-36-30-29-34-42-50-64(7)8)88-71(76)54-46-38-28-22-25-33-41-49-63(5)6/h61-67,72H,9-60H2,1-8H3,(H,77,78)(H,79,80)/t65-,66-,67-/m1/s1. The molecule has 0 bridgehead atoms. The van der Waals surface area contributed by atoms with Gasteiger partial charge in [-0.2, -0.15) is 0 Å². The molecule has 0 rings (SSSR count).